The molecule has 14 heavy (non-hydrogen) atoms. The summed E-state index contributed by atoms with van der Waals surface area (Å²) in [5, 5.41) is 9.16. The van der Waals surface area contributed by atoms with Crippen LogP contribution < -0.4 is 0 Å². The minimum Gasteiger partial charge on any atom is -0.508 e. The number of hydrogen-bond donors (Lipinski definition) is 1. The van der Waals surface area contributed by atoms with Crippen LogP contribution >= 0.6 is 0 Å². The summed E-state index contributed by atoms with van der Waals surface area (Å²) in [4.78, 5) is 0. The fourth-order valence-corrected chi connectivity index (χ4v) is 1.73. The summed E-state index contributed by atoms with van der Waals surface area (Å²) in [6.07, 6.45) is 0.406. The summed E-state index contributed by atoms with van der Waals surface area (Å²) in [5.41, 5.74) is 0.621. The normalized spacial score (nSPS) is 13.9. The van der Waals surface area contributed by atoms with Crippen molar-refractivity contribution in [2.45, 2.75) is 13.0 Å². The van der Waals surface area contributed by atoms with Crippen LogP contribution in [-0.4, -0.2) is 19.8 Å². The zero-order chi connectivity index (χ0) is 10.8. The topological polar surface area (TPSA) is 63.6 Å². The van der Waals surface area contributed by atoms with Crippen molar-refractivity contribution in [3.8, 4) is 5.75 Å². The highest BCUT2D eigenvalue weighted by atomic mass is 32.2. The number of phenols is 1. The Balaban J connectivity index is 2.85. The number of hydrogen-bond acceptors (Lipinski definition) is 4. The van der Waals surface area contributed by atoms with E-state index in [2.05, 4.69) is 0 Å². The Kier molecular flexibility index (Phi) is 3.13. The van der Waals surface area contributed by atoms with Crippen LogP contribution in [0.15, 0.2) is 24.3 Å². The van der Waals surface area contributed by atoms with Crippen molar-refractivity contribution in [3.63, 3.8) is 0 Å². The van der Waals surface area contributed by atoms with Gasteiger partial charge < -0.3 is 5.11 Å². The predicted molar refractivity (Wildman–Crippen MR) is 52.5 cm³/mol. The smallest absolute Gasteiger partial charge is 0.264 e. The zero-order valence-electron chi connectivity index (χ0n) is 7.97. The summed E-state index contributed by atoms with van der Waals surface area (Å²) in [6, 6.07) is 6.30. The lowest BCUT2D eigenvalue weighted by atomic mass is 10.1. The molecule has 1 aromatic carbocycles. The van der Waals surface area contributed by atoms with Gasteiger partial charge in [-0.25, -0.2) is 0 Å². The SMILES string of the molecule is C[C@@H](OS(C)(=O)=O)c1cccc(O)c1. The maximum atomic E-state index is 10.8. The van der Waals surface area contributed by atoms with Gasteiger partial charge in [0.05, 0.1) is 12.4 Å². The minimum absolute atomic E-state index is 0.0893. The van der Waals surface area contributed by atoms with Crippen LogP contribution in [0.2, 0.25) is 0 Å². The average molecular weight is 216 g/mol. The van der Waals surface area contributed by atoms with Crippen LogP contribution in [0.4, 0.5) is 0 Å². The van der Waals surface area contributed by atoms with E-state index >= 15 is 0 Å². The van der Waals surface area contributed by atoms with E-state index < -0.39 is 16.2 Å². The van der Waals surface area contributed by atoms with E-state index in [-0.39, 0.29) is 5.75 Å². The van der Waals surface area contributed by atoms with Crippen LogP contribution in [0, 0.1) is 0 Å². The van der Waals surface area contributed by atoms with Gasteiger partial charge >= 0.3 is 0 Å². The molecule has 0 heterocycles. The van der Waals surface area contributed by atoms with Gasteiger partial charge in [-0.15, -0.1) is 0 Å². The van der Waals surface area contributed by atoms with E-state index in [9.17, 15) is 8.42 Å². The fraction of sp³-hybridized carbons (Fsp3) is 0.333. The summed E-state index contributed by atoms with van der Waals surface area (Å²) in [7, 11) is -3.47. The molecule has 0 aliphatic carbocycles. The van der Waals surface area contributed by atoms with Crippen molar-refractivity contribution < 1.29 is 17.7 Å². The Morgan fingerprint density at radius 1 is 1.43 bits per heavy atom. The summed E-state index contributed by atoms with van der Waals surface area (Å²) >= 11 is 0. The highest BCUT2D eigenvalue weighted by Crippen LogP contribution is 2.21. The van der Waals surface area contributed by atoms with Crippen molar-refractivity contribution in [3.05, 3.63) is 29.8 Å². The monoisotopic (exact) mass is 216 g/mol. The lowest BCUT2D eigenvalue weighted by Crippen LogP contribution is -2.07. The lowest BCUT2D eigenvalue weighted by molar-refractivity contribution is 0.236. The molecule has 0 saturated heterocycles. The molecule has 0 aliphatic heterocycles. The molecule has 0 spiro atoms. The first-order chi connectivity index (χ1) is 6.38. The highest BCUT2D eigenvalue weighted by molar-refractivity contribution is 7.86. The Morgan fingerprint density at radius 3 is 2.57 bits per heavy atom. The van der Waals surface area contributed by atoms with E-state index in [1.165, 1.54) is 12.1 Å². The van der Waals surface area contributed by atoms with Crippen LogP contribution in [0.5, 0.6) is 5.75 Å². The Hall–Kier alpha value is -1.07. The molecule has 1 aromatic rings. The maximum absolute atomic E-state index is 10.8. The Bertz CT molecular complexity index is 411. The first kappa shape index (κ1) is 11.0. The van der Waals surface area contributed by atoms with Crippen molar-refractivity contribution >= 4 is 10.1 Å². The van der Waals surface area contributed by atoms with Gasteiger partial charge in [0.2, 0.25) is 0 Å². The number of aromatic hydroxyl groups is 1. The third-order valence-corrected chi connectivity index (χ3v) is 2.30. The molecule has 4 nitrogen and oxygen atoms in total. The van der Waals surface area contributed by atoms with Gasteiger partial charge in [0.25, 0.3) is 10.1 Å². The van der Waals surface area contributed by atoms with Gasteiger partial charge in [0.1, 0.15) is 5.75 Å². The third-order valence-electron chi connectivity index (χ3n) is 1.66. The van der Waals surface area contributed by atoms with Crippen molar-refractivity contribution in [2.75, 3.05) is 6.26 Å². The third kappa shape index (κ3) is 3.35. The molecular formula is C9H12O4S. The second-order valence-electron chi connectivity index (χ2n) is 3.04. The van der Waals surface area contributed by atoms with Crippen molar-refractivity contribution in [1.82, 2.24) is 0 Å². The summed E-state index contributed by atoms with van der Waals surface area (Å²) < 4.78 is 26.4. The van der Waals surface area contributed by atoms with Gasteiger partial charge in [-0.1, -0.05) is 12.1 Å². The summed E-state index contributed by atoms with van der Waals surface area (Å²) in [6.45, 7) is 1.61. The molecule has 0 radical (unpaired) electrons. The molecule has 1 N–H and O–H groups in total. The van der Waals surface area contributed by atoms with Gasteiger partial charge in [0, 0.05) is 0 Å². The van der Waals surface area contributed by atoms with Crippen molar-refractivity contribution in [2.24, 2.45) is 0 Å². The number of rotatable bonds is 3. The molecule has 0 aromatic heterocycles. The predicted octanol–water partition coefficient (Wildman–Crippen LogP) is 1.43. The first-order valence-corrected chi connectivity index (χ1v) is 5.87. The van der Waals surface area contributed by atoms with Crippen LogP contribution in [0.3, 0.4) is 0 Å². The minimum atomic E-state index is -3.47. The lowest BCUT2D eigenvalue weighted by Gasteiger charge is -2.11. The van der Waals surface area contributed by atoms with Crippen LogP contribution in [-0.2, 0) is 14.3 Å². The Morgan fingerprint density at radius 2 is 2.07 bits per heavy atom. The summed E-state index contributed by atoms with van der Waals surface area (Å²) in [5.74, 6) is 0.0893. The molecule has 0 bridgehead atoms. The quantitative estimate of drug-likeness (QED) is 0.776. The molecule has 0 fully saturated rings. The number of phenolic OH excluding ortho intramolecular Hbond substituents is 1. The largest absolute Gasteiger partial charge is 0.508 e. The molecule has 0 saturated carbocycles. The van der Waals surface area contributed by atoms with Gasteiger partial charge in [0.15, 0.2) is 0 Å². The maximum Gasteiger partial charge on any atom is 0.264 e. The molecule has 0 unspecified atom stereocenters. The van der Waals surface area contributed by atoms with Crippen molar-refractivity contribution in [1.29, 1.82) is 0 Å². The second-order valence-corrected chi connectivity index (χ2v) is 4.64. The molecule has 1 rings (SSSR count). The molecule has 78 valence electrons. The van der Waals surface area contributed by atoms with E-state index in [1.54, 1.807) is 19.1 Å². The number of benzene rings is 1. The fourth-order valence-electron chi connectivity index (χ4n) is 1.10. The second kappa shape index (κ2) is 3.98. The van der Waals surface area contributed by atoms with Crippen LogP contribution in [0.25, 0.3) is 0 Å². The van der Waals surface area contributed by atoms with E-state index in [1.807, 2.05) is 0 Å². The standard InChI is InChI=1S/C9H12O4S/c1-7(13-14(2,11)12)8-4-3-5-9(10)6-8/h3-7,10H,1-2H3/t7-/m1/s1. The van der Waals surface area contributed by atoms with Crippen LogP contribution in [0.1, 0.15) is 18.6 Å². The van der Waals surface area contributed by atoms with Gasteiger partial charge in [-0.05, 0) is 24.6 Å². The van der Waals surface area contributed by atoms with Gasteiger partial charge in [-0.2, -0.15) is 8.42 Å². The first-order valence-electron chi connectivity index (χ1n) is 4.05. The van der Waals surface area contributed by atoms with E-state index in [0.29, 0.717) is 5.56 Å². The molecular weight excluding hydrogens is 204 g/mol. The highest BCUT2D eigenvalue weighted by Gasteiger charge is 2.12. The molecule has 0 aliphatic rings. The zero-order valence-corrected chi connectivity index (χ0v) is 8.78. The molecule has 5 heteroatoms. The molecule has 0 amide bonds. The van der Waals surface area contributed by atoms with E-state index in [0.717, 1.165) is 6.26 Å². The molecule has 1 atom stereocenters. The Labute approximate surface area is 83.3 Å². The van der Waals surface area contributed by atoms with Gasteiger partial charge in [-0.3, -0.25) is 4.18 Å². The van der Waals surface area contributed by atoms with E-state index in [4.69, 9.17) is 9.29 Å². The average Bonchev–Trinajstić information content (AvgIpc) is 2.01.